The van der Waals surface area contributed by atoms with Gasteiger partial charge in [-0.25, -0.2) is 4.98 Å². The lowest BCUT2D eigenvalue weighted by Crippen LogP contribution is -2.18. The van der Waals surface area contributed by atoms with Gasteiger partial charge in [-0.3, -0.25) is 4.79 Å². The van der Waals surface area contributed by atoms with E-state index in [1.54, 1.807) is 12.4 Å². The second-order valence-corrected chi connectivity index (χ2v) is 5.25. The van der Waals surface area contributed by atoms with Crippen molar-refractivity contribution in [3.05, 3.63) is 60.9 Å². The van der Waals surface area contributed by atoms with Crippen molar-refractivity contribution >= 4 is 22.5 Å². The molecule has 4 rings (SSSR count). The van der Waals surface area contributed by atoms with Gasteiger partial charge in [0.15, 0.2) is 0 Å². The van der Waals surface area contributed by atoms with Crippen molar-refractivity contribution in [3.8, 4) is 11.5 Å². The van der Waals surface area contributed by atoms with Gasteiger partial charge in [-0.1, -0.05) is 12.7 Å². The molecule has 0 radical (unpaired) electrons. The predicted molar refractivity (Wildman–Crippen MR) is 88.4 cm³/mol. The molecule has 0 spiro atoms. The van der Waals surface area contributed by atoms with E-state index in [9.17, 15) is 4.79 Å². The fraction of sp³-hybridized carbons (Fsp3) is 0.0588. The van der Waals surface area contributed by atoms with Crippen molar-refractivity contribution in [2.45, 2.75) is 6.42 Å². The Labute approximate surface area is 136 Å². The van der Waals surface area contributed by atoms with Gasteiger partial charge in [-0.2, -0.15) is 0 Å². The number of nitrogens with zero attached hydrogens (tertiary/aromatic N) is 3. The Bertz CT molecular complexity index is 995. The van der Waals surface area contributed by atoms with E-state index in [1.165, 1.54) is 12.5 Å². The Balaban J connectivity index is 1.79. The van der Waals surface area contributed by atoms with E-state index in [0.717, 1.165) is 33.4 Å². The second-order valence-electron chi connectivity index (χ2n) is 5.25. The molecule has 0 saturated heterocycles. The van der Waals surface area contributed by atoms with Gasteiger partial charge >= 0.3 is 0 Å². The number of rotatable bonds is 4. The molecule has 2 N–H and O–H groups in total. The first kappa shape index (κ1) is 14.1. The molecule has 3 aromatic rings. The van der Waals surface area contributed by atoms with Crippen LogP contribution in [-0.2, 0) is 4.79 Å². The molecule has 7 nitrogen and oxygen atoms in total. The number of pyridine rings is 1. The second kappa shape index (κ2) is 5.62. The molecule has 3 heterocycles. The van der Waals surface area contributed by atoms with Gasteiger partial charge in [0, 0.05) is 29.9 Å². The van der Waals surface area contributed by atoms with Crippen molar-refractivity contribution in [2.75, 3.05) is 0 Å². The molecule has 0 unspecified atom stereocenters. The zero-order valence-corrected chi connectivity index (χ0v) is 12.6. The monoisotopic (exact) mass is 319 g/mol. The minimum Gasteiger partial charge on any atom is -0.423 e. The fourth-order valence-corrected chi connectivity index (χ4v) is 2.77. The van der Waals surface area contributed by atoms with Gasteiger partial charge in [-0.05, 0) is 29.4 Å². The summed E-state index contributed by atoms with van der Waals surface area (Å²) in [4.78, 5) is 18.9. The van der Waals surface area contributed by atoms with E-state index < -0.39 is 0 Å². The van der Waals surface area contributed by atoms with Crippen LogP contribution in [0.5, 0.6) is 0 Å². The van der Waals surface area contributed by atoms with Gasteiger partial charge in [0.05, 0.1) is 5.56 Å². The summed E-state index contributed by atoms with van der Waals surface area (Å²) < 4.78 is 5.32. The van der Waals surface area contributed by atoms with Crippen molar-refractivity contribution in [1.29, 1.82) is 0 Å². The lowest BCUT2D eigenvalue weighted by molar-refractivity contribution is -0.115. The van der Waals surface area contributed by atoms with Crippen LogP contribution in [0.15, 0.2) is 59.8 Å². The first-order valence-electron chi connectivity index (χ1n) is 7.33. The standard InChI is InChI=1S/C17H13N5O2/c1-2-14(23)21-11-4-3-10(7-11)12-5-6-18-16-15(12)13(8-19-16)17-22-20-9-24-17/h2-3,5-9H,1,4H2,(H,18,19)(H,21,23). The minimum atomic E-state index is -0.219. The van der Waals surface area contributed by atoms with Gasteiger partial charge in [-0.15, -0.1) is 10.2 Å². The molecule has 0 aromatic carbocycles. The third-order valence-electron chi connectivity index (χ3n) is 3.82. The fourth-order valence-electron chi connectivity index (χ4n) is 2.77. The summed E-state index contributed by atoms with van der Waals surface area (Å²) in [5.74, 6) is 0.210. The van der Waals surface area contributed by atoms with Crippen LogP contribution in [0.2, 0.25) is 0 Å². The van der Waals surface area contributed by atoms with Crippen molar-refractivity contribution in [1.82, 2.24) is 25.5 Å². The normalized spacial score (nSPS) is 13.7. The first-order valence-corrected chi connectivity index (χ1v) is 7.33. The summed E-state index contributed by atoms with van der Waals surface area (Å²) in [6.45, 7) is 3.46. The maximum absolute atomic E-state index is 11.5. The van der Waals surface area contributed by atoms with Gasteiger partial charge in [0.2, 0.25) is 18.2 Å². The molecule has 0 aliphatic heterocycles. The zero-order valence-electron chi connectivity index (χ0n) is 12.6. The van der Waals surface area contributed by atoms with Crippen molar-refractivity contribution < 1.29 is 9.21 Å². The predicted octanol–water partition coefficient (Wildman–Crippen LogP) is 2.59. The number of aromatic nitrogens is 4. The van der Waals surface area contributed by atoms with Crippen LogP contribution < -0.4 is 5.32 Å². The highest BCUT2D eigenvalue weighted by molar-refractivity contribution is 6.02. The SMILES string of the molecule is C=CC(=O)NC1=CC(c2ccnc3[nH]cc(-c4nnco4)c23)=CC1. The quantitative estimate of drug-likeness (QED) is 0.720. The molecule has 0 atom stereocenters. The smallest absolute Gasteiger partial charge is 0.249 e. The molecular weight excluding hydrogens is 306 g/mol. The van der Waals surface area contributed by atoms with E-state index in [2.05, 4.69) is 38.1 Å². The zero-order chi connectivity index (χ0) is 16.5. The number of hydrogen-bond acceptors (Lipinski definition) is 5. The highest BCUT2D eigenvalue weighted by Gasteiger charge is 2.18. The Hall–Kier alpha value is -3.48. The van der Waals surface area contributed by atoms with E-state index in [-0.39, 0.29) is 5.91 Å². The number of allylic oxidation sites excluding steroid dienone is 3. The van der Waals surface area contributed by atoms with Gasteiger partial charge in [0.1, 0.15) is 5.65 Å². The molecule has 3 aromatic heterocycles. The minimum absolute atomic E-state index is 0.219. The summed E-state index contributed by atoms with van der Waals surface area (Å²) in [6.07, 6.45) is 10.7. The number of aromatic amines is 1. The van der Waals surface area contributed by atoms with Crippen molar-refractivity contribution in [2.24, 2.45) is 0 Å². The molecule has 0 bridgehead atoms. The average molecular weight is 319 g/mol. The summed E-state index contributed by atoms with van der Waals surface area (Å²) in [5, 5.41) is 11.4. The van der Waals surface area contributed by atoms with Crippen LogP contribution in [0.25, 0.3) is 28.1 Å². The number of carbonyl (C=O) groups excluding carboxylic acids is 1. The molecular formula is C17H13N5O2. The molecule has 1 amide bonds. The van der Waals surface area contributed by atoms with Crippen LogP contribution in [0.3, 0.4) is 0 Å². The molecule has 0 saturated carbocycles. The van der Waals surface area contributed by atoms with Gasteiger partial charge < -0.3 is 14.7 Å². The number of H-pyrrole nitrogens is 1. The van der Waals surface area contributed by atoms with Crippen LogP contribution in [0, 0.1) is 0 Å². The molecule has 118 valence electrons. The van der Waals surface area contributed by atoms with Crippen LogP contribution in [-0.4, -0.2) is 26.1 Å². The van der Waals surface area contributed by atoms with E-state index in [0.29, 0.717) is 12.3 Å². The Morgan fingerprint density at radius 3 is 3.12 bits per heavy atom. The summed E-state index contributed by atoms with van der Waals surface area (Å²) in [5.41, 5.74) is 4.34. The molecule has 1 aliphatic rings. The number of hydrogen-bond donors (Lipinski definition) is 2. The third-order valence-corrected chi connectivity index (χ3v) is 3.82. The van der Waals surface area contributed by atoms with E-state index in [4.69, 9.17) is 4.42 Å². The number of nitrogens with one attached hydrogen (secondary N) is 2. The maximum Gasteiger partial charge on any atom is 0.249 e. The van der Waals surface area contributed by atoms with Gasteiger partial charge in [0.25, 0.3) is 0 Å². The maximum atomic E-state index is 11.5. The summed E-state index contributed by atoms with van der Waals surface area (Å²) in [7, 11) is 0. The summed E-state index contributed by atoms with van der Waals surface area (Å²) >= 11 is 0. The number of carbonyl (C=O) groups is 1. The lowest BCUT2D eigenvalue weighted by atomic mass is 10.0. The Kier molecular flexibility index (Phi) is 3.31. The van der Waals surface area contributed by atoms with E-state index in [1.807, 2.05) is 12.1 Å². The Morgan fingerprint density at radius 1 is 1.42 bits per heavy atom. The largest absolute Gasteiger partial charge is 0.423 e. The third kappa shape index (κ3) is 2.32. The molecule has 0 fully saturated rings. The average Bonchev–Trinajstić information content (AvgIpc) is 3.33. The molecule has 1 aliphatic carbocycles. The Morgan fingerprint density at radius 2 is 2.33 bits per heavy atom. The topological polar surface area (TPSA) is 96.7 Å². The van der Waals surface area contributed by atoms with Crippen LogP contribution in [0.4, 0.5) is 0 Å². The van der Waals surface area contributed by atoms with Crippen LogP contribution >= 0.6 is 0 Å². The van der Waals surface area contributed by atoms with Crippen molar-refractivity contribution in [3.63, 3.8) is 0 Å². The lowest BCUT2D eigenvalue weighted by Gasteiger charge is -2.04. The first-order chi connectivity index (χ1) is 11.8. The molecule has 24 heavy (non-hydrogen) atoms. The van der Waals surface area contributed by atoms with E-state index >= 15 is 0 Å². The number of fused-ring (bicyclic) bond motifs is 1. The summed E-state index contributed by atoms with van der Waals surface area (Å²) in [6, 6.07) is 1.93. The van der Waals surface area contributed by atoms with Crippen LogP contribution in [0.1, 0.15) is 12.0 Å². The number of amides is 1. The molecule has 7 heteroatoms. The highest BCUT2D eigenvalue weighted by Crippen LogP contribution is 2.35. The highest BCUT2D eigenvalue weighted by atomic mass is 16.4.